The van der Waals surface area contributed by atoms with Crippen LogP contribution in [-0.2, 0) is 21.2 Å². The Balaban J connectivity index is 1.40. The first-order chi connectivity index (χ1) is 15.8. The Bertz CT molecular complexity index is 1310. The zero-order chi connectivity index (χ0) is 23.6. The number of carbonyl (C=O) groups excluding carboxylic acids is 2. The molecule has 2 amide bonds. The van der Waals surface area contributed by atoms with Crippen LogP contribution >= 0.6 is 0 Å². The van der Waals surface area contributed by atoms with Crippen molar-refractivity contribution in [1.29, 1.82) is 0 Å². The molecule has 1 aliphatic rings. The van der Waals surface area contributed by atoms with Crippen LogP contribution in [0.5, 0.6) is 5.75 Å². The number of phenols is 1. The van der Waals surface area contributed by atoms with Crippen LogP contribution in [0, 0.1) is 0 Å². The molecule has 1 unspecified atom stereocenters. The van der Waals surface area contributed by atoms with E-state index < -0.39 is 16.1 Å². The standard InChI is InChI=1S/C24H25N3O5S/c25-33(31,32)18-10-7-16(8-11-18)13-14-26-23(29)21-6-3-15-27(21)24(30)20-12-9-17-4-1-2-5-19(17)22(20)28/h1-2,4-5,7-12,21,28H,3,6,13-15H2,(H,26,29)(H2,25,31,32). The second-order valence-corrected chi connectivity index (χ2v) is 9.63. The predicted molar refractivity (Wildman–Crippen MR) is 124 cm³/mol. The number of nitrogens with two attached hydrogens (primary N) is 1. The third kappa shape index (κ3) is 4.84. The zero-order valence-electron chi connectivity index (χ0n) is 17.9. The number of benzene rings is 3. The Kier molecular flexibility index (Phi) is 6.35. The highest BCUT2D eigenvalue weighted by atomic mass is 32.2. The number of carbonyl (C=O) groups is 2. The maximum atomic E-state index is 13.2. The lowest BCUT2D eigenvalue weighted by molar-refractivity contribution is -0.124. The van der Waals surface area contributed by atoms with E-state index in [9.17, 15) is 23.1 Å². The van der Waals surface area contributed by atoms with Gasteiger partial charge in [0, 0.05) is 18.5 Å². The third-order valence-corrected chi connectivity index (χ3v) is 6.84. The van der Waals surface area contributed by atoms with E-state index in [0.29, 0.717) is 37.7 Å². The van der Waals surface area contributed by atoms with Gasteiger partial charge < -0.3 is 15.3 Å². The van der Waals surface area contributed by atoms with Crippen LogP contribution in [0.2, 0.25) is 0 Å². The van der Waals surface area contributed by atoms with Gasteiger partial charge in [-0.2, -0.15) is 0 Å². The highest BCUT2D eigenvalue weighted by molar-refractivity contribution is 7.89. The van der Waals surface area contributed by atoms with Crippen LogP contribution in [0.3, 0.4) is 0 Å². The summed E-state index contributed by atoms with van der Waals surface area (Å²) in [6, 6.07) is 16.2. The summed E-state index contributed by atoms with van der Waals surface area (Å²) >= 11 is 0. The van der Waals surface area contributed by atoms with E-state index in [1.807, 2.05) is 12.1 Å². The summed E-state index contributed by atoms with van der Waals surface area (Å²) in [4.78, 5) is 27.5. The minimum Gasteiger partial charge on any atom is -0.506 e. The van der Waals surface area contributed by atoms with Gasteiger partial charge in [-0.25, -0.2) is 13.6 Å². The van der Waals surface area contributed by atoms with E-state index in [1.165, 1.54) is 17.0 Å². The Morgan fingerprint density at radius 1 is 1.06 bits per heavy atom. The Labute approximate surface area is 192 Å². The van der Waals surface area contributed by atoms with Crippen LogP contribution < -0.4 is 10.5 Å². The van der Waals surface area contributed by atoms with Gasteiger partial charge in [0.15, 0.2) is 0 Å². The van der Waals surface area contributed by atoms with Crippen LogP contribution in [0.1, 0.15) is 28.8 Å². The molecule has 4 rings (SSSR count). The molecule has 3 aromatic carbocycles. The molecule has 1 atom stereocenters. The summed E-state index contributed by atoms with van der Waals surface area (Å²) in [5.74, 6) is -0.691. The number of primary sulfonamides is 1. The number of hydrogen-bond acceptors (Lipinski definition) is 5. The molecule has 3 aromatic rings. The third-order valence-electron chi connectivity index (χ3n) is 5.91. The Morgan fingerprint density at radius 3 is 2.52 bits per heavy atom. The van der Waals surface area contributed by atoms with Crippen LogP contribution in [0.25, 0.3) is 10.8 Å². The highest BCUT2D eigenvalue weighted by Crippen LogP contribution is 2.31. The fourth-order valence-corrected chi connectivity index (χ4v) is 4.67. The maximum Gasteiger partial charge on any atom is 0.258 e. The van der Waals surface area contributed by atoms with E-state index in [0.717, 1.165) is 10.9 Å². The molecular weight excluding hydrogens is 442 g/mol. The van der Waals surface area contributed by atoms with Gasteiger partial charge in [-0.15, -0.1) is 0 Å². The zero-order valence-corrected chi connectivity index (χ0v) is 18.7. The molecule has 0 spiro atoms. The average Bonchev–Trinajstić information content (AvgIpc) is 3.29. The van der Waals surface area contributed by atoms with Crippen molar-refractivity contribution in [2.45, 2.75) is 30.2 Å². The molecule has 0 saturated carbocycles. The number of amides is 2. The van der Waals surface area contributed by atoms with Gasteiger partial charge in [-0.05, 0) is 48.4 Å². The predicted octanol–water partition coefficient (Wildman–Crippen LogP) is 2.16. The fraction of sp³-hybridized carbons (Fsp3) is 0.250. The first-order valence-electron chi connectivity index (χ1n) is 10.7. The van der Waals surface area contributed by atoms with Crippen molar-refractivity contribution in [3.8, 4) is 5.75 Å². The summed E-state index contributed by atoms with van der Waals surface area (Å²) in [5.41, 5.74) is 1.03. The van der Waals surface area contributed by atoms with Gasteiger partial charge in [-0.3, -0.25) is 9.59 Å². The van der Waals surface area contributed by atoms with Gasteiger partial charge >= 0.3 is 0 Å². The molecule has 0 aliphatic carbocycles. The Morgan fingerprint density at radius 2 is 1.79 bits per heavy atom. The number of phenolic OH excluding ortho intramolecular Hbond substituents is 1. The van der Waals surface area contributed by atoms with Crippen molar-refractivity contribution >= 4 is 32.6 Å². The van der Waals surface area contributed by atoms with Gasteiger partial charge in [0.05, 0.1) is 10.5 Å². The van der Waals surface area contributed by atoms with E-state index in [1.54, 1.807) is 36.4 Å². The number of rotatable bonds is 6. The number of fused-ring (bicyclic) bond motifs is 1. The quantitative estimate of drug-likeness (QED) is 0.512. The first-order valence-corrected chi connectivity index (χ1v) is 12.2. The van der Waals surface area contributed by atoms with E-state index >= 15 is 0 Å². The fourth-order valence-electron chi connectivity index (χ4n) is 4.16. The van der Waals surface area contributed by atoms with E-state index in [-0.39, 0.29) is 28.0 Å². The van der Waals surface area contributed by atoms with Gasteiger partial charge in [0.25, 0.3) is 5.91 Å². The molecule has 1 saturated heterocycles. The number of likely N-dealkylation sites (tertiary alicyclic amines) is 1. The lowest BCUT2D eigenvalue weighted by atomic mass is 10.0. The summed E-state index contributed by atoms with van der Waals surface area (Å²) in [7, 11) is -3.74. The van der Waals surface area contributed by atoms with Crippen LogP contribution in [0.15, 0.2) is 65.6 Å². The topological polar surface area (TPSA) is 130 Å². The van der Waals surface area contributed by atoms with Crippen LogP contribution in [-0.4, -0.2) is 49.4 Å². The minimum absolute atomic E-state index is 0.0346. The molecule has 8 nitrogen and oxygen atoms in total. The monoisotopic (exact) mass is 467 g/mol. The number of hydrogen-bond donors (Lipinski definition) is 3. The van der Waals surface area contributed by atoms with E-state index in [4.69, 9.17) is 5.14 Å². The van der Waals surface area contributed by atoms with Crippen molar-refractivity contribution in [3.63, 3.8) is 0 Å². The molecule has 4 N–H and O–H groups in total. The number of nitrogens with zero attached hydrogens (tertiary/aromatic N) is 1. The molecular formula is C24H25N3O5S. The Hall–Kier alpha value is -3.43. The van der Waals surface area contributed by atoms with Crippen molar-refractivity contribution in [3.05, 3.63) is 71.8 Å². The van der Waals surface area contributed by atoms with Crippen molar-refractivity contribution in [2.75, 3.05) is 13.1 Å². The summed E-state index contributed by atoms with van der Waals surface area (Å²) in [5, 5.41) is 20.0. The molecule has 33 heavy (non-hydrogen) atoms. The second-order valence-electron chi connectivity index (χ2n) is 8.07. The molecule has 0 aromatic heterocycles. The second kappa shape index (κ2) is 9.21. The molecule has 1 aliphatic heterocycles. The molecule has 1 heterocycles. The number of nitrogens with one attached hydrogen (secondary N) is 1. The molecule has 1 fully saturated rings. The minimum atomic E-state index is -3.74. The van der Waals surface area contributed by atoms with Gasteiger partial charge in [0.2, 0.25) is 15.9 Å². The van der Waals surface area contributed by atoms with Gasteiger partial charge in [-0.1, -0.05) is 42.5 Å². The highest BCUT2D eigenvalue weighted by Gasteiger charge is 2.35. The largest absolute Gasteiger partial charge is 0.506 e. The van der Waals surface area contributed by atoms with Gasteiger partial charge in [0.1, 0.15) is 11.8 Å². The molecule has 9 heteroatoms. The normalized spacial score (nSPS) is 16.2. The SMILES string of the molecule is NS(=O)(=O)c1ccc(CCNC(=O)C2CCCN2C(=O)c2ccc3ccccc3c2O)cc1. The maximum absolute atomic E-state index is 13.2. The lowest BCUT2D eigenvalue weighted by Gasteiger charge is -2.24. The lowest BCUT2D eigenvalue weighted by Crippen LogP contribution is -2.46. The summed E-state index contributed by atoms with van der Waals surface area (Å²) < 4.78 is 22.7. The summed E-state index contributed by atoms with van der Waals surface area (Å²) in [6.45, 7) is 0.783. The van der Waals surface area contributed by atoms with E-state index in [2.05, 4.69) is 5.32 Å². The first kappa shape index (κ1) is 22.8. The average molecular weight is 468 g/mol. The molecule has 0 bridgehead atoms. The van der Waals surface area contributed by atoms with Crippen LogP contribution in [0.4, 0.5) is 0 Å². The smallest absolute Gasteiger partial charge is 0.258 e. The number of aromatic hydroxyl groups is 1. The summed E-state index contributed by atoms with van der Waals surface area (Å²) in [6.07, 6.45) is 1.75. The number of sulfonamides is 1. The van der Waals surface area contributed by atoms with Crippen molar-refractivity contribution < 1.29 is 23.1 Å². The van der Waals surface area contributed by atoms with Crippen molar-refractivity contribution in [2.24, 2.45) is 5.14 Å². The van der Waals surface area contributed by atoms with Crippen molar-refractivity contribution in [1.82, 2.24) is 10.2 Å². The molecule has 0 radical (unpaired) electrons. The molecule has 172 valence electrons.